The molecule has 1 saturated carbocycles. The van der Waals surface area contributed by atoms with E-state index in [1.807, 2.05) is 0 Å². The summed E-state index contributed by atoms with van der Waals surface area (Å²) in [5.74, 6) is 0.290. The second-order valence-electron chi connectivity index (χ2n) is 6.24. The van der Waals surface area contributed by atoms with Gasteiger partial charge in [-0.25, -0.2) is 8.78 Å². The molecule has 1 aliphatic rings. The van der Waals surface area contributed by atoms with Crippen LogP contribution in [0.2, 0.25) is 0 Å². The summed E-state index contributed by atoms with van der Waals surface area (Å²) < 4.78 is 32.5. The van der Waals surface area contributed by atoms with E-state index in [0.29, 0.717) is 11.8 Å². The molecule has 0 radical (unpaired) electrons. The predicted molar refractivity (Wildman–Crippen MR) is 80.4 cm³/mol. The first-order valence-electron chi connectivity index (χ1n) is 7.85. The average molecular weight is 297 g/mol. The maximum Gasteiger partial charge on any atom is 0.129 e. The highest BCUT2D eigenvalue weighted by molar-refractivity contribution is 5.24. The Hall–Kier alpha value is -1.16. The molecule has 118 valence electrons. The molecule has 3 atom stereocenters. The van der Waals surface area contributed by atoms with Crippen molar-refractivity contribution in [2.75, 3.05) is 6.54 Å². The van der Waals surface area contributed by atoms with Gasteiger partial charge in [-0.05, 0) is 37.6 Å². The summed E-state index contributed by atoms with van der Waals surface area (Å²) in [4.78, 5) is 0. The van der Waals surface area contributed by atoms with E-state index in [0.717, 1.165) is 25.5 Å². The number of hydrogen-bond donors (Lipinski definition) is 1. The van der Waals surface area contributed by atoms with Crippen molar-refractivity contribution in [1.82, 2.24) is 5.32 Å². The molecular weight excluding hydrogens is 272 g/mol. The van der Waals surface area contributed by atoms with Crippen LogP contribution in [0, 0.1) is 23.5 Å². The Morgan fingerprint density at radius 3 is 2.43 bits per heavy atom. The number of rotatable bonds is 5. The zero-order valence-corrected chi connectivity index (χ0v) is 13.0. The number of hydrogen-bond acceptors (Lipinski definition) is 2. The lowest BCUT2D eigenvalue weighted by Crippen LogP contribution is -2.47. The third kappa shape index (κ3) is 4.40. The van der Waals surface area contributed by atoms with Gasteiger partial charge in [0.25, 0.3) is 0 Å². The molecule has 0 amide bonds. The van der Waals surface area contributed by atoms with E-state index in [2.05, 4.69) is 26.1 Å². The summed E-state index contributed by atoms with van der Waals surface area (Å²) in [7, 11) is 0. The van der Waals surface area contributed by atoms with Crippen molar-refractivity contribution in [2.45, 2.75) is 52.2 Å². The van der Waals surface area contributed by atoms with Crippen LogP contribution >= 0.6 is 0 Å². The van der Waals surface area contributed by atoms with Gasteiger partial charge in [-0.3, -0.25) is 0 Å². The lowest BCUT2D eigenvalue weighted by molar-refractivity contribution is 0.0720. The monoisotopic (exact) mass is 297 g/mol. The molecule has 0 heterocycles. The van der Waals surface area contributed by atoms with E-state index in [4.69, 9.17) is 4.74 Å². The Kier molecular flexibility index (Phi) is 5.57. The van der Waals surface area contributed by atoms with Crippen LogP contribution < -0.4 is 10.1 Å². The normalized spacial score (nSPS) is 26.1. The number of halogens is 2. The largest absolute Gasteiger partial charge is 0.489 e. The van der Waals surface area contributed by atoms with E-state index >= 15 is 0 Å². The molecule has 1 aliphatic carbocycles. The average Bonchev–Trinajstić information content (AvgIpc) is 2.39. The van der Waals surface area contributed by atoms with Crippen LogP contribution in [-0.4, -0.2) is 18.7 Å². The summed E-state index contributed by atoms with van der Waals surface area (Å²) in [5.41, 5.74) is 0. The second kappa shape index (κ2) is 7.21. The first-order valence-corrected chi connectivity index (χ1v) is 7.85. The van der Waals surface area contributed by atoms with Gasteiger partial charge in [-0.1, -0.05) is 20.8 Å². The Morgan fingerprint density at radius 1 is 1.19 bits per heavy atom. The van der Waals surface area contributed by atoms with Gasteiger partial charge in [0, 0.05) is 24.2 Å². The SMILES string of the molecule is CCNC1CCC(C(C)C)CC1Oc1cc(F)cc(F)c1. The quantitative estimate of drug-likeness (QED) is 0.881. The van der Waals surface area contributed by atoms with E-state index < -0.39 is 11.6 Å². The lowest BCUT2D eigenvalue weighted by atomic mass is 9.78. The molecule has 2 rings (SSSR count). The standard InChI is InChI=1S/C17H25F2NO/c1-4-20-16-6-5-12(11(2)3)7-17(16)21-15-9-13(18)8-14(19)10-15/h8-12,16-17,20H,4-7H2,1-3H3. The van der Waals surface area contributed by atoms with E-state index in [9.17, 15) is 8.78 Å². The molecular formula is C17H25F2NO. The van der Waals surface area contributed by atoms with E-state index in [1.54, 1.807) is 0 Å². The molecule has 1 fully saturated rings. The molecule has 0 saturated heterocycles. The van der Waals surface area contributed by atoms with Gasteiger partial charge in [0.1, 0.15) is 23.5 Å². The predicted octanol–water partition coefficient (Wildman–Crippen LogP) is 4.15. The van der Waals surface area contributed by atoms with Crippen LogP contribution in [0.25, 0.3) is 0 Å². The second-order valence-corrected chi connectivity index (χ2v) is 6.24. The third-order valence-electron chi connectivity index (χ3n) is 4.36. The molecule has 0 bridgehead atoms. The van der Waals surface area contributed by atoms with E-state index in [1.165, 1.54) is 18.6 Å². The van der Waals surface area contributed by atoms with Crippen molar-refractivity contribution < 1.29 is 13.5 Å². The zero-order chi connectivity index (χ0) is 15.4. The summed E-state index contributed by atoms with van der Waals surface area (Å²) in [6, 6.07) is 3.62. The molecule has 1 aromatic rings. The van der Waals surface area contributed by atoms with Crippen LogP contribution in [0.4, 0.5) is 8.78 Å². The molecule has 1 aromatic carbocycles. The van der Waals surface area contributed by atoms with Crippen LogP contribution in [0.1, 0.15) is 40.0 Å². The van der Waals surface area contributed by atoms with Gasteiger partial charge in [0.2, 0.25) is 0 Å². The van der Waals surface area contributed by atoms with Crippen molar-refractivity contribution >= 4 is 0 Å². The first kappa shape index (κ1) is 16.2. The molecule has 3 unspecified atom stereocenters. The van der Waals surface area contributed by atoms with Crippen molar-refractivity contribution in [2.24, 2.45) is 11.8 Å². The van der Waals surface area contributed by atoms with Crippen LogP contribution in [0.5, 0.6) is 5.75 Å². The molecule has 4 heteroatoms. The molecule has 1 N–H and O–H groups in total. The van der Waals surface area contributed by atoms with Gasteiger partial charge in [0.05, 0.1) is 0 Å². The summed E-state index contributed by atoms with van der Waals surface area (Å²) in [5, 5.41) is 3.43. The van der Waals surface area contributed by atoms with E-state index in [-0.39, 0.29) is 17.9 Å². The van der Waals surface area contributed by atoms with Gasteiger partial charge >= 0.3 is 0 Å². The van der Waals surface area contributed by atoms with Crippen LogP contribution in [0.3, 0.4) is 0 Å². The molecule has 2 nitrogen and oxygen atoms in total. The fourth-order valence-electron chi connectivity index (χ4n) is 3.16. The van der Waals surface area contributed by atoms with Crippen LogP contribution in [-0.2, 0) is 0 Å². The minimum Gasteiger partial charge on any atom is -0.489 e. The molecule has 21 heavy (non-hydrogen) atoms. The molecule has 0 spiro atoms. The highest BCUT2D eigenvalue weighted by atomic mass is 19.1. The highest BCUT2D eigenvalue weighted by Gasteiger charge is 2.32. The minimum atomic E-state index is -0.596. The first-order chi connectivity index (χ1) is 9.99. The maximum absolute atomic E-state index is 13.3. The number of nitrogens with one attached hydrogen (secondary N) is 1. The smallest absolute Gasteiger partial charge is 0.129 e. The summed E-state index contributed by atoms with van der Waals surface area (Å²) >= 11 is 0. The van der Waals surface area contributed by atoms with Crippen molar-refractivity contribution in [3.8, 4) is 5.75 Å². The van der Waals surface area contributed by atoms with Crippen LogP contribution in [0.15, 0.2) is 18.2 Å². The Morgan fingerprint density at radius 2 is 1.86 bits per heavy atom. The number of benzene rings is 1. The van der Waals surface area contributed by atoms with Crippen molar-refractivity contribution in [1.29, 1.82) is 0 Å². The number of likely N-dealkylation sites (N-methyl/N-ethyl adjacent to an activating group) is 1. The van der Waals surface area contributed by atoms with Crippen molar-refractivity contribution in [3.63, 3.8) is 0 Å². The fourth-order valence-corrected chi connectivity index (χ4v) is 3.16. The van der Waals surface area contributed by atoms with Gasteiger partial charge in [-0.15, -0.1) is 0 Å². The van der Waals surface area contributed by atoms with Crippen molar-refractivity contribution in [3.05, 3.63) is 29.8 Å². The Balaban J connectivity index is 2.11. The Labute approximate surface area is 125 Å². The fraction of sp³-hybridized carbons (Fsp3) is 0.647. The van der Waals surface area contributed by atoms with Gasteiger partial charge in [-0.2, -0.15) is 0 Å². The molecule has 0 aromatic heterocycles. The Bertz CT molecular complexity index is 444. The highest BCUT2D eigenvalue weighted by Crippen LogP contribution is 2.33. The topological polar surface area (TPSA) is 21.3 Å². The maximum atomic E-state index is 13.3. The summed E-state index contributed by atoms with van der Waals surface area (Å²) in [6.45, 7) is 7.37. The number of ether oxygens (including phenoxy) is 1. The van der Waals surface area contributed by atoms with Gasteiger partial charge < -0.3 is 10.1 Å². The minimum absolute atomic E-state index is 0.0349. The summed E-state index contributed by atoms with van der Waals surface area (Å²) in [6.07, 6.45) is 3.10. The molecule has 0 aliphatic heterocycles. The zero-order valence-electron chi connectivity index (χ0n) is 13.0. The van der Waals surface area contributed by atoms with Gasteiger partial charge in [0.15, 0.2) is 0 Å². The lowest BCUT2D eigenvalue weighted by Gasteiger charge is -2.38. The third-order valence-corrected chi connectivity index (χ3v) is 4.36.